The lowest BCUT2D eigenvalue weighted by Gasteiger charge is -2.16. The zero-order valence-corrected chi connectivity index (χ0v) is 9.58. The van der Waals surface area contributed by atoms with Crippen LogP contribution in [-0.4, -0.2) is 36.7 Å². The molecule has 0 N–H and O–H groups in total. The molecule has 82 valence electrons. The molecule has 0 aromatic carbocycles. The molecule has 0 fully saturated rings. The lowest BCUT2D eigenvalue weighted by Crippen LogP contribution is -2.32. The van der Waals surface area contributed by atoms with Gasteiger partial charge in [-0.3, -0.25) is 0 Å². The first-order chi connectivity index (χ1) is 7.08. The van der Waals surface area contributed by atoms with E-state index in [0.717, 1.165) is 0 Å². The summed E-state index contributed by atoms with van der Waals surface area (Å²) in [6, 6.07) is 0. The summed E-state index contributed by atoms with van der Waals surface area (Å²) in [4.78, 5) is 11.6. The smallest absolute Gasteiger partial charge is 0.255 e. The molecule has 1 aliphatic rings. The maximum absolute atomic E-state index is 12.3. The van der Waals surface area contributed by atoms with Gasteiger partial charge in [-0.25, -0.2) is 18.7 Å². The average Bonchev–Trinajstić information content (AvgIpc) is 2.42. The minimum Gasteiger partial charge on any atom is -0.339 e. The third-order valence-corrected chi connectivity index (χ3v) is 2.49. The Morgan fingerprint density at radius 3 is 2.93 bits per heavy atom. The third kappa shape index (κ3) is 2.01. The maximum atomic E-state index is 12.3. The van der Waals surface area contributed by atoms with Crippen LogP contribution in [0.15, 0.2) is 10.8 Å². The molecular formula is C8H9BrF2N4. The van der Waals surface area contributed by atoms with Gasteiger partial charge in [0.15, 0.2) is 11.6 Å². The van der Waals surface area contributed by atoms with Crippen molar-refractivity contribution in [3.05, 3.63) is 10.8 Å². The molecule has 4 nitrogen and oxygen atoms in total. The van der Waals surface area contributed by atoms with Crippen LogP contribution in [-0.2, 0) is 0 Å². The van der Waals surface area contributed by atoms with Crippen LogP contribution in [0.1, 0.15) is 0 Å². The van der Waals surface area contributed by atoms with Gasteiger partial charge in [0.2, 0.25) is 0 Å². The molecule has 0 aliphatic carbocycles. The molecule has 1 aliphatic heterocycles. The lowest BCUT2D eigenvalue weighted by molar-refractivity contribution is 0.155. The van der Waals surface area contributed by atoms with Gasteiger partial charge >= 0.3 is 0 Å². The number of anilines is 2. The van der Waals surface area contributed by atoms with Gasteiger partial charge in [-0.1, -0.05) is 0 Å². The Hall–Kier alpha value is -0.980. The van der Waals surface area contributed by atoms with Crippen LogP contribution < -0.4 is 9.80 Å². The number of nitrogens with zero attached hydrogens (tertiary/aromatic N) is 4. The average molecular weight is 279 g/mol. The quantitative estimate of drug-likeness (QED) is 0.825. The second-order valence-corrected chi connectivity index (χ2v) is 4.11. The number of hydrogen-bond donors (Lipinski definition) is 0. The first kappa shape index (κ1) is 10.5. The van der Waals surface area contributed by atoms with Crippen molar-refractivity contribution in [2.75, 3.05) is 30.1 Å². The van der Waals surface area contributed by atoms with Gasteiger partial charge in [-0.2, -0.15) is 0 Å². The van der Waals surface area contributed by atoms with Crippen molar-refractivity contribution in [1.82, 2.24) is 9.97 Å². The summed E-state index contributed by atoms with van der Waals surface area (Å²) in [6.07, 6.45) is -0.813. The van der Waals surface area contributed by atoms with E-state index in [4.69, 9.17) is 0 Å². The number of rotatable bonds is 2. The molecule has 0 saturated heterocycles. The molecule has 2 rings (SSSR count). The van der Waals surface area contributed by atoms with Crippen molar-refractivity contribution in [3.8, 4) is 0 Å². The van der Waals surface area contributed by atoms with Gasteiger partial charge in [0.1, 0.15) is 4.60 Å². The second-order valence-electron chi connectivity index (χ2n) is 3.29. The predicted molar refractivity (Wildman–Crippen MR) is 56.4 cm³/mol. The fourth-order valence-corrected chi connectivity index (χ4v) is 1.80. The summed E-state index contributed by atoms with van der Waals surface area (Å²) >= 11 is 3.17. The van der Waals surface area contributed by atoms with Gasteiger partial charge in [0, 0.05) is 7.05 Å². The van der Waals surface area contributed by atoms with E-state index in [-0.39, 0.29) is 6.54 Å². The van der Waals surface area contributed by atoms with Crippen LogP contribution in [0, 0.1) is 0 Å². The Morgan fingerprint density at radius 1 is 1.53 bits per heavy atom. The maximum Gasteiger partial charge on any atom is 0.255 e. The number of alkyl halides is 2. The van der Waals surface area contributed by atoms with E-state index in [0.29, 0.717) is 22.9 Å². The third-order valence-electron chi connectivity index (χ3n) is 2.11. The van der Waals surface area contributed by atoms with Crippen LogP contribution in [0.25, 0.3) is 0 Å². The normalized spacial score (nSPS) is 15.0. The Bertz CT molecular complexity index is 372. The summed E-state index contributed by atoms with van der Waals surface area (Å²) < 4.78 is 25.1. The molecule has 0 unspecified atom stereocenters. The number of halogens is 3. The fraction of sp³-hybridized carbons (Fsp3) is 0.500. The van der Waals surface area contributed by atoms with Gasteiger partial charge in [0.05, 0.1) is 19.4 Å². The summed E-state index contributed by atoms with van der Waals surface area (Å²) in [5, 5.41) is 0. The minimum atomic E-state index is -2.37. The van der Waals surface area contributed by atoms with E-state index in [9.17, 15) is 8.78 Å². The van der Waals surface area contributed by atoms with Crippen molar-refractivity contribution in [2.24, 2.45) is 0 Å². The zero-order valence-electron chi connectivity index (χ0n) is 7.99. The van der Waals surface area contributed by atoms with E-state index >= 15 is 0 Å². The molecular weight excluding hydrogens is 270 g/mol. The van der Waals surface area contributed by atoms with E-state index in [1.54, 1.807) is 18.1 Å². The van der Waals surface area contributed by atoms with Crippen molar-refractivity contribution in [1.29, 1.82) is 0 Å². The van der Waals surface area contributed by atoms with Gasteiger partial charge in [0.25, 0.3) is 6.43 Å². The fourth-order valence-electron chi connectivity index (χ4n) is 1.53. The van der Waals surface area contributed by atoms with Crippen LogP contribution in [0.2, 0.25) is 0 Å². The van der Waals surface area contributed by atoms with Crippen LogP contribution in [0.5, 0.6) is 0 Å². The monoisotopic (exact) mass is 278 g/mol. The van der Waals surface area contributed by atoms with Crippen molar-refractivity contribution in [2.45, 2.75) is 6.43 Å². The Kier molecular flexibility index (Phi) is 2.72. The Morgan fingerprint density at radius 2 is 2.27 bits per heavy atom. The SMILES string of the molecule is CN1CN(CC(F)F)c2nc(Br)cnc21. The van der Waals surface area contributed by atoms with Crippen LogP contribution in [0.4, 0.5) is 20.4 Å². The highest BCUT2D eigenvalue weighted by molar-refractivity contribution is 9.10. The minimum absolute atomic E-state index is 0.317. The highest BCUT2D eigenvalue weighted by Crippen LogP contribution is 2.31. The van der Waals surface area contributed by atoms with E-state index < -0.39 is 6.43 Å². The topological polar surface area (TPSA) is 32.3 Å². The van der Waals surface area contributed by atoms with Gasteiger partial charge in [-0.15, -0.1) is 0 Å². The van der Waals surface area contributed by atoms with E-state index in [1.807, 2.05) is 0 Å². The predicted octanol–water partition coefficient (Wildman–Crippen LogP) is 1.72. The van der Waals surface area contributed by atoms with Crippen LogP contribution in [0.3, 0.4) is 0 Å². The molecule has 0 radical (unpaired) electrons. The molecule has 15 heavy (non-hydrogen) atoms. The largest absolute Gasteiger partial charge is 0.339 e. The van der Waals surface area contributed by atoms with Crippen LogP contribution >= 0.6 is 15.9 Å². The van der Waals surface area contributed by atoms with Gasteiger partial charge in [-0.05, 0) is 15.9 Å². The summed E-state index contributed by atoms with van der Waals surface area (Å²) in [6.45, 7) is 0.0819. The highest BCUT2D eigenvalue weighted by atomic mass is 79.9. The standard InChI is InChI=1S/C8H9BrF2N4/c1-14-4-15(3-6(10)11)8-7(14)12-2-5(9)13-8/h2,6H,3-4H2,1H3. The summed E-state index contributed by atoms with van der Waals surface area (Å²) in [5.41, 5.74) is 0. The first-order valence-corrected chi connectivity index (χ1v) is 5.14. The molecule has 0 spiro atoms. The molecule has 1 aromatic rings. The van der Waals surface area contributed by atoms with Crippen molar-refractivity contribution in [3.63, 3.8) is 0 Å². The number of aromatic nitrogens is 2. The summed E-state index contributed by atoms with van der Waals surface area (Å²) in [7, 11) is 1.80. The molecule has 1 aromatic heterocycles. The molecule has 7 heteroatoms. The zero-order chi connectivity index (χ0) is 11.0. The van der Waals surface area contributed by atoms with Gasteiger partial charge < -0.3 is 9.80 Å². The highest BCUT2D eigenvalue weighted by Gasteiger charge is 2.28. The molecule has 0 atom stereocenters. The van der Waals surface area contributed by atoms with E-state index in [2.05, 4.69) is 25.9 Å². The lowest BCUT2D eigenvalue weighted by atomic mass is 10.5. The number of hydrogen-bond acceptors (Lipinski definition) is 4. The summed E-state index contributed by atoms with van der Waals surface area (Å²) in [5.74, 6) is 1.14. The molecule has 0 amide bonds. The molecule has 0 bridgehead atoms. The molecule has 2 heterocycles. The second kappa shape index (κ2) is 3.88. The molecule has 0 saturated carbocycles. The Labute approximate surface area is 94.0 Å². The number of fused-ring (bicyclic) bond motifs is 1. The van der Waals surface area contributed by atoms with Crippen molar-refractivity contribution < 1.29 is 8.78 Å². The Balaban J connectivity index is 2.31. The first-order valence-electron chi connectivity index (χ1n) is 4.34. The van der Waals surface area contributed by atoms with Crippen molar-refractivity contribution >= 4 is 27.6 Å². The van der Waals surface area contributed by atoms with E-state index in [1.165, 1.54) is 4.90 Å².